The highest BCUT2D eigenvalue weighted by Gasteiger charge is 2.44. The molecule has 0 aliphatic carbocycles. The number of aliphatic hydroxyl groups excluding tert-OH is 3. The second-order valence-electron chi connectivity index (χ2n) is 4.25. The van der Waals surface area contributed by atoms with Crippen LogP contribution >= 0.6 is 0 Å². The van der Waals surface area contributed by atoms with Crippen LogP contribution < -0.4 is 4.84 Å². The van der Waals surface area contributed by atoms with Crippen molar-refractivity contribution < 1.29 is 30.0 Å². The second kappa shape index (κ2) is 4.83. The van der Waals surface area contributed by atoms with Crippen LogP contribution in [0.15, 0.2) is 12.7 Å². The van der Waals surface area contributed by atoms with Gasteiger partial charge in [0.05, 0.1) is 6.61 Å². The van der Waals surface area contributed by atoms with Gasteiger partial charge in [-0.2, -0.15) is 4.98 Å². The third-order valence-corrected chi connectivity index (χ3v) is 3.00. The maximum absolute atomic E-state index is 9.76. The maximum atomic E-state index is 9.76. The zero-order chi connectivity index (χ0) is 14.3. The highest BCUT2D eigenvalue weighted by molar-refractivity contribution is 5.75. The van der Waals surface area contributed by atoms with Gasteiger partial charge in [0, 0.05) is 0 Å². The van der Waals surface area contributed by atoms with E-state index in [1.807, 2.05) is 0 Å². The number of fused-ring (bicyclic) bond motifs is 1. The van der Waals surface area contributed by atoms with Crippen LogP contribution in [0.2, 0.25) is 0 Å². The van der Waals surface area contributed by atoms with E-state index in [2.05, 4.69) is 15.0 Å². The Hall–Kier alpha value is -2.01. The van der Waals surface area contributed by atoms with E-state index in [-0.39, 0.29) is 17.0 Å². The largest absolute Gasteiger partial charge is 0.492 e. The lowest BCUT2D eigenvalue weighted by Crippen LogP contribution is -2.38. The van der Waals surface area contributed by atoms with Gasteiger partial charge in [0.2, 0.25) is 11.5 Å². The van der Waals surface area contributed by atoms with Gasteiger partial charge in [-0.05, 0) is 0 Å². The predicted molar refractivity (Wildman–Crippen MR) is 61.3 cm³/mol. The summed E-state index contributed by atoms with van der Waals surface area (Å²) in [6.45, 7) is -0.453. The van der Waals surface area contributed by atoms with Crippen molar-refractivity contribution in [1.82, 2.24) is 19.7 Å². The predicted octanol–water partition coefficient (Wildman–Crippen LogP) is -2.60. The van der Waals surface area contributed by atoms with E-state index in [1.54, 1.807) is 0 Å². The van der Waals surface area contributed by atoms with Gasteiger partial charge >= 0.3 is 0 Å². The van der Waals surface area contributed by atoms with E-state index in [0.29, 0.717) is 0 Å². The van der Waals surface area contributed by atoms with Gasteiger partial charge in [-0.3, -0.25) is 0 Å². The van der Waals surface area contributed by atoms with E-state index < -0.39 is 31.2 Å². The Morgan fingerprint density at radius 1 is 1.25 bits per heavy atom. The lowest BCUT2D eigenvalue weighted by atomic mass is 10.1. The summed E-state index contributed by atoms with van der Waals surface area (Å²) in [4.78, 5) is 16.6. The molecule has 3 rings (SSSR count). The maximum Gasteiger partial charge on any atom is 0.254 e. The summed E-state index contributed by atoms with van der Waals surface area (Å²) in [5.74, 6) is -0.307. The highest BCUT2D eigenvalue weighted by atomic mass is 16.8. The van der Waals surface area contributed by atoms with Crippen LogP contribution in [0.4, 0.5) is 0 Å². The fraction of sp³-hybridized carbons (Fsp3) is 0.500. The molecule has 4 atom stereocenters. The fourth-order valence-electron chi connectivity index (χ4n) is 1.94. The van der Waals surface area contributed by atoms with E-state index in [4.69, 9.17) is 14.7 Å². The Labute approximate surface area is 111 Å². The van der Waals surface area contributed by atoms with E-state index in [9.17, 15) is 15.3 Å². The van der Waals surface area contributed by atoms with E-state index in [1.165, 1.54) is 6.33 Å². The molecule has 0 aromatic carbocycles. The van der Waals surface area contributed by atoms with Gasteiger partial charge in [0.1, 0.15) is 31.0 Å². The first-order valence-electron chi connectivity index (χ1n) is 5.78. The minimum atomic E-state index is -1.33. The van der Waals surface area contributed by atoms with Crippen molar-refractivity contribution in [3.63, 3.8) is 0 Å². The molecule has 2 aromatic rings. The normalized spacial score (nSPS) is 29.9. The third-order valence-electron chi connectivity index (χ3n) is 3.00. The molecule has 0 spiro atoms. The molecule has 3 heterocycles. The molecule has 2 aromatic heterocycles. The highest BCUT2D eigenvalue weighted by Crippen LogP contribution is 2.22. The molecule has 1 saturated heterocycles. The van der Waals surface area contributed by atoms with Gasteiger partial charge in [0.15, 0.2) is 5.52 Å². The summed E-state index contributed by atoms with van der Waals surface area (Å²) in [5.41, 5.74) is 0.300. The Morgan fingerprint density at radius 3 is 2.75 bits per heavy atom. The van der Waals surface area contributed by atoms with E-state index in [0.717, 1.165) is 11.1 Å². The van der Waals surface area contributed by atoms with Crippen LogP contribution in [0.5, 0.6) is 5.88 Å². The first-order valence-corrected chi connectivity index (χ1v) is 5.78. The van der Waals surface area contributed by atoms with Crippen LogP contribution in [-0.4, -0.2) is 71.3 Å². The number of hydrogen-bond donors (Lipinski definition) is 4. The molecular formula is C10H12N4O6. The third kappa shape index (κ3) is 1.94. The molecule has 0 saturated carbocycles. The first-order chi connectivity index (χ1) is 9.61. The Balaban J connectivity index is 1.85. The van der Waals surface area contributed by atoms with Crippen molar-refractivity contribution in [3.05, 3.63) is 12.7 Å². The number of nitrogens with zero attached hydrogens (tertiary/aromatic N) is 4. The summed E-state index contributed by atoms with van der Waals surface area (Å²) < 4.78 is 6.24. The van der Waals surface area contributed by atoms with Crippen LogP contribution in [0.1, 0.15) is 0 Å². The molecule has 4 N–H and O–H groups in total. The lowest BCUT2D eigenvalue weighted by molar-refractivity contribution is -0.169. The zero-order valence-corrected chi connectivity index (χ0v) is 10.1. The smallest absolute Gasteiger partial charge is 0.254 e. The van der Waals surface area contributed by atoms with Crippen molar-refractivity contribution in [1.29, 1.82) is 0 Å². The van der Waals surface area contributed by atoms with Gasteiger partial charge in [-0.1, -0.05) is 0 Å². The molecule has 1 aliphatic rings. The fourth-order valence-corrected chi connectivity index (χ4v) is 1.94. The Morgan fingerprint density at radius 2 is 2.05 bits per heavy atom. The summed E-state index contributed by atoms with van der Waals surface area (Å²) in [6.07, 6.45) is -2.39. The monoisotopic (exact) mass is 284 g/mol. The van der Waals surface area contributed by atoms with Gasteiger partial charge in [0.25, 0.3) is 6.29 Å². The average Bonchev–Trinajstić information content (AvgIpc) is 2.97. The molecule has 108 valence electrons. The summed E-state index contributed by atoms with van der Waals surface area (Å²) >= 11 is 0. The number of ether oxygens (including phenoxy) is 1. The molecule has 20 heavy (non-hydrogen) atoms. The van der Waals surface area contributed by atoms with Crippen molar-refractivity contribution in [3.8, 4) is 5.88 Å². The standard InChI is InChI=1S/C10H12N4O6/c15-1-4-6(16)7(17)10(19-4)20-14-3-13-5-8(14)11-2-12-9(5)18/h2-4,6-7,10,15-17H,1H2,(H,11,12,18)/t4-,6-,7-,10+/m1/s1. The Bertz CT molecular complexity index is 619. The molecule has 0 unspecified atom stereocenters. The molecule has 0 amide bonds. The summed E-state index contributed by atoms with van der Waals surface area (Å²) in [5, 5.41) is 37.8. The van der Waals surface area contributed by atoms with Gasteiger partial charge in [-0.15, -0.1) is 4.73 Å². The first kappa shape index (κ1) is 13.0. The quantitative estimate of drug-likeness (QED) is 0.477. The van der Waals surface area contributed by atoms with Crippen LogP contribution in [0.3, 0.4) is 0 Å². The van der Waals surface area contributed by atoms with Crippen LogP contribution in [-0.2, 0) is 4.74 Å². The molecular weight excluding hydrogens is 272 g/mol. The lowest BCUT2D eigenvalue weighted by Gasteiger charge is -2.16. The Kier molecular flexibility index (Phi) is 3.14. The van der Waals surface area contributed by atoms with Gasteiger partial charge < -0.3 is 30.0 Å². The van der Waals surface area contributed by atoms with Crippen molar-refractivity contribution in [2.24, 2.45) is 0 Å². The molecule has 1 fully saturated rings. The number of aliphatic hydroxyl groups is 3. The second-order valence-corrected chi connectivity index (χ2v) is 4.25. The van der Waals surface area contributed by atoms with Crippen LogP contribution in [0.25, 0.3) is 11.2 Å². The number of hydrogen-bond acceptors (Lipinski definition) is 9. The SMILES string of the molecule is OC[C@H]1O[C@@H](On2cnc3c(O)ncnc32)[C@H](O)[C@@H]1O. The molecule has 10 nitrogen and oxygen atoms in total. The van der Waals surface area contributed by atoms with Crippen LogP contribution in [0, 0.1) is 0 Å². The molecule has 0 radical (unpaired) electrons. The van der Waals surface area contributed by atoms with Crippen molar-refractivity contribution in [2.75, 3.05) is 6.61 Å². The van der Waals surface area contributed by atoms with Crippen molar-refractivity contribution in [2.45, 2.75) is 24.6 Å². The number of aromatic hydroxyl groups is 1. The molecule has 0 bridgehead atoms. The minimum Gasteiger partial charge on any atom is -0.492 e. The number of imidazole rings is 1. The number of rotatable bonds is 3. The van der Waals surface area contributed by atoms with Crippen molar-refractivity contribution >= 4 is 11.2 Å². The van der Waals surface area contributed by atoms with E-state index >= 15 is 0 Å². The number of aromatic nitrogens is 4. The van der Waals surface area contributed by atoms with Gasteiger partial charge in [-0.25, -0.2) is 9.97 Å². The summed E-state index contributed by atoms with van der Waals surface area (Å²) in [6, 6.07) is 0. The zero-order valence-electron chi connectivity index (χ0n) is 10.1. The topological polar surface area (TPSA) is 143 Å². The minimum absolute atomic E-state index is 0.124. The summed E-state index contributed by atoms with van der Waals surface area (Å²) in [7, 11) is 0. The average molecular weight is 284 g/mol. The molecule has 10 heteroatoms. The molecule has 1 aliphatic heterocycles.